The van der Waals surface area contributed by atoms with Crippen molar-refractivity contribution in [1.29, 1.82) is 0 Å². The molecular formula is C16H27ClFNSi. The molecule has 4 heteroatoms. The summed E-state index contributed by atoms with van der Waals surface area (Å²) in [4.78, 5) is 2.70. The van der Waals surface area contributed by atoms with E-state index in [2.05, 4.69) is 24.9 Å². The zero-order valence-corrected chi connectivity index (χ0v) is 14.7. The monoisotopic (exact) mass is 315 g/mol. The molecule has 0 aromatic heterocycles. The highest BCUT2D eigenvalue weighted by atomic mass is 35.5. The number of halogens is 2. The second kappa shape index (κ2) is 7.58. The van der Waals surface area contributed by atoms with Gasteiger partial charge >= 0.3 is 0 Å². The van der Waals surface area contributed by atoms with Gasteiger partial charge in [-0.15, -0.1) is 12.4 Å². The largest absolute Gasteiger partial charge is 0.303 e. The average Bonchev–Trinajstić information content (AvgIpc) is 2.86. The van der Waals surface area contributed by atoms with Crippen molar-refractivity contribution in [2.45, 2.75) is 51.0 Å². The Morgan fingerprint density at radius 3 is 2.20 bits per heavy atom. The maximum absolute atomic E-state index is 13.0. The Bertz CT molecular complexity index is 401. The fourth-order valence-corrected chi connectivity index (χ4v) is 7.48. The Labute approximate surface area is 130 Å². The lowest BCUT2D eigenvalue weighted by atomic mass is 10.2. The molecule has 0 radical (unpaired) electrons. The van der Waals surface area contributed by atoms with E-state index in [1.165, 1.54) is 37.9 Å². The molecule has 1 aromatic rings. The number of rotatable bonds is 5. The first-order valence-electron chi connectivity index (χ1n) is 7.51. The molecule has 0 amide bonds. The second-order valence-electron chi connectivity index (χ2n) is 6.46. The Morgan fingerprint density at radius 2 is 1.70 bits per heavy atom. The van der Waals surface area contributed by atoms with Gasteiger partial charge in [-0.3, -0.25) is 0 Å². The summed E-state index contributed by atoms with van der Waals surface area (Å²) in [5, 5.41) is 0. The molecule has 1 aliphatic rings. The highest BCUT2D eigenvalue weighted by Gasteiger charge is 2.35. The zero-order valence-electron chi connectivity index (χ0n) is 12.9. The molecule has 1 atom stereocenters. The first-order valence-corrected chi connectivity index (χ1v) is 10.8. The van der Waals surface area contributed by atoms with Crippen molar-refractivity contribution in [3.05, 3.63) is 35.6 Å². The van der Waals surface area contributed by atoms with Crippen LogP contribution in [0.1, 0.15) is 31.7 Å². The van der Waals surface area contributed by atoms with Crippen LogP contribution in [-0.2, 0) is 6.04 Å². The number of nitrogens with zero attached hydrogens (tertiary/aromatic N) is 1. The predicted octanol–water partition coefficient (Wildman–Crippen LogP) is 4.45. The van der Waals surface area contributed by atoms with Gasteiger partial charge in [-0.2, -0.15) is 0 Å². The van der Waals surface area contributed by atoms with E-state index < -0.39 is 8.07 Å². The van der Waals surface area contributed by atoms with Crippen LogP contribution in [0.2, 0.25) is 13.1 Å². The molecule has 0 bridgehead atoms. The van der Waals surface area contributed by atoms with Gasteiger partial charge < -0.3 is 4.90 Å². The van der Waals surface area contributed by atoms with Crippen LogP contribution in [0.4, 0.5) is 4.39 Å². The van der Waals surface area contributed by atoms with Gasteiger partial charge in [0.15, 0.2) is 0 Å². The molecular weight excluding hydrogens is 289 g/mol. The summed E-state index contributed by atoms with van der Waals surface area (Å²) in [5.41, 5.74) is 2.07. The van der Waals surface area contributed by atoms with Gasteiger partial charge in [-0.1, -0.05) is 37.7 Å². The fourth-order valence-electron chi connectivity index (χ4n) is 3.60. The number of hydrogen-bond donors (Lipinski definition) is 0. The molecule has 0 aliphatic carbocycles. The lowest BCUT2D eigenvalue weighted by Gasteiger charge is -2.38. The average molecular weight is 316 g/mol. The minimum atomic E-state index is -1.35. The van der Waals surface area contributed by atoms with E-state index in [1.54, 1.807) is 12.1 Å². The molecule has 1 aliphatic heterocycles. The molecule has 20 heavy (non-hydrogen) atoms. The molecule has 1 aromatic carbocycles. The summed E-state index contributed by atoms with van der Waals surface area (Å²) in [6.45, 7) is 9.85. The minimum Gasteiger partial charge on any atom is -0.303 e. The standard InChI is InChI=1S/C16H26FNSi.ClH/c1-4-16(18-11-5-6-12-18)19(2,3)13-14-7-9-15(17)10-8-14;/h7-10,16H,4-6,11-13H2,1-3H3;1H. The highest BCUT2D eigenvalue weighted by Crippen LogP contribution is 2.25. The smallest absolute Gasteiger partial charge is 0.123 e. The van der Waals surface area contributed by atoms with Gasteiger partial charge in [0.1, 0.15) is 5.82 Å². The van der Waals surface area contributed by atoms with Crippen LogP contribution in [0.3, 0.4) is 0 Å². The van der Waals surface area contributed by atoms with E-state index in [0.29, 0.717) is 0 Å². The van der Waals surface area contributed by atoms with Crippen LogP contribution in [-0.4, -0.2) is 31.7 Å². The molecule has 0 saturated carbocycles. The first kappa shape index (κ1) is 17.7. The fraction of sp³-hybridized carbons (Fsp3) is 0.625. The topological polar surface area (TPSA) is 3.24 Å². The molecule has 2 rings (SSSR count). The van der Waals surface area contributed by atoms with Crippen molar-refractivity contribution >= 4 is 20.5 Å². The van der Waals surface area contributed by atoms with Crippen LogP contribution < -0.4 is 0 Å². The molecule has 1 saturated heterocycles. The van der Waals surface area contributed by atoms with Gasteiger partial charge in [0, 0.05) is 5.67 Å². The van der Waals surface area contributed by atoms with Gasteiger partial charge in [0.05, 0.1) is 8.07 Å². The summed E-state index contributed by atoms with van der Waals surface area (Å²) in [7, 11) is -1.35. The van der Waals surface area contributed by atoms with Crippen molar-refractivity contribution in [3.63, 3.8) is 0 Å². The van der Waals surface area contributed by atoms with Crippen molar-refractivity contribution < 1.29 is 4.39 Å². The van der Waals surface area contributed by atoms with Crippen LogP contribution >= 0.6 is 12.4 Å². The van der Waals surface area contributed by atoms with Gasteiger partial charge in [-0.05, 0) is 50.5 Å². The summed E-state index contributed by atoms with van der Waals surface area (Å²) in [5.74, 6) is -0.130. The summed E-state index contributed by atoms with van der Waals surface area (Å²) >= 11 is 0. The Hall–Kier alpha value is -0.383. The molecule has 1 heterocycles. The molecule has 114 valence electrons. The third kappa shape index (κ3) is 4.30. The SMILES string of the molecule is CCC(N1CCCC1)[Si](C)(C)Cc1ccc(F)cc1.Cl. The number of likely N-dealkylation sites (tertiary alicyclic amines) is 1. The predicted molar refractivity (Wildman–Crippen MR) is 89.7 cm³/mol. The molecule has 1 fully saturated rings. The third-order valence-corrected chi connectivity index (χ3v) is 8.34. The van der Waals surface area contributed by atoms with Gasteiger partial charge in [0.25, 0.3) is 0 Å². The summed E-state index contributed by atoms with van der Waals surface area (Å²) in [6, 6.07) is 8.26. The van der Waals surface area contributed by atoms with Crippen molar-refractivity contribution in [2.24, 2.45) is 0 Å². The maximum Gasteiger partial charge on any atom is 0.123 e. The Morgan fingerprint density at radius 1 is 1.15 bits per heavy atom. The normalized spacial score (nSPS) is 17.8. The highest BCUT2D eigenvalue weighted by molar-refractivity contribution is 6.78. The molecule has 0 spiro atoms. The quantitative estimate of drug-likeness (QED) is 0.726. The van der Waals surface area contributed by atoms with E-state index in [0.717, 1.165) is 11.7 Å². The van der Waals surface area contributed by atoms with E-state index in [4.69, 9.17) is 0 Å². The number of hydrogen-bond acceptors (Lipinski definition) is 1. The molecule has 1 nitrogen and oxygen atoms in total. The first-order chi connectivity index (χ1) is 9.03. The summed E-state index contributed by atoms with van der Waals surface area (Å²) < 4.78 is 13.0. The lowest BCUT2D eigenvalue weighted by molar-refractivity contribution is 0.294. The van der Waals surface area contributed by atoms with Crippen LogP contribution in [0, 0.1) is 5.82 Å². The lowest BCUT2D eigenvalue weighted by Crippen LogP contribution is -2.53. The van der Waals surface area contributed by atoms with E-state index in [9.17, 15) is 4.39 Å². The Kier molecular flexibility index (Phi) is 6.69. The summed E-state index contributed by atoms with van der Waals surface area (Å²) in [6.07, 6.45) is 3.97. The van der Waals surface area contributed by atoms with E-state index >= 15 is 0 Å². The Balaban J connectivity index is 0.00000200. The van der Waals surface area contributed by atoms with Crippen LogP contribution in [0.5, 0.6) is 0 Å². The minimum absolute atomic E-state index is 0. The van der Waals surface area contributed by atoms with Crippen LogP contribution in [0.15, 0.2) is 24.3 Å². The zero-order chi connectivity index (χ0) is 13.9. The third-order valence-electron chi connectivity index (χ3n) is 4.44. The van der Waals surface area contributed by atoms with E-state index in [-0.39, 0.29) is 18.2 Å². The molecule has 1 unspecified atom stereocenters. The maximum atomic E-state index is 13.0. The number of benzene rings is 1. The van der Waals surface area contributed by atoms with Gasteiger partial charge in [0.2, 0.25) is 0 Å². The molecule has 0 N–H and O–H groups in total. The van der Waals surface area contributed by atoms with Crippen molar-refractivity contribution in [2.75, 3.05) is 13.1 Å². The second-order valence-corrected chi connectivity index (χ2v) is 11.5. The van der Waals surface area contributed by atoms with Crippen molar-refractivity contribution in [1.82, 2.24) is 4.90 Å². The van der Waals surface area contributed by atoms with Gasteiger partial charge in [-0.25, -0.2) is 4.39 Å². The van der Waals surface area contributed by atoms with Crippen LogP contribution in [0.25, 0.3) is 0 Å². The van der Waals surface area contributed by atoms with Crippen molar-refractivity contribution in [3.8, 4) is 0 Å². The van der Waals surface area contributed by atoms with E-state index in [1.807, 2.05) is 12.1 Å².